The van der Waals surface area contributed by atoms with Crippen LogP contribution in [0.25, 0.3) is 0 Å². The Kier molecular flexibility index (Phi) is 5.66. The summed E-state index contributed by atoms with van der Waals surface area (Å²) in [5, 5.41) is 3.61. The van der Waals surface area contributed by atoms with Crippen molar-refractivity contribution in [3.8, 4) is 0 Å². The van der Waals surface area contributed by atoms with E-state index < -0.39 is 0 Å². The van der Waals surface area contributed by atoms with Crippen LogP contribution in [0, 0.1) is 5.92 Å². The first-order valence-corrected chi connectivity index (χ1v) is 7.52. The number of nitrogens with one attached hydrogen (secondary N) is 1. The first kappa shape index (κ1) is 13.5. The zero-order valence-corrected chi connectivity index (χ0v) is 11.6. The molecule has 2 nitrogen and oxygen atoms in total. The smallest absolute Gasteiger partial charge is 0.0302 e. The molecule has 0 spiro atoms. The van der Waals surface area contributed by atoms with Gasteiger partial charge < -0.3 is 5.32 Å². The zero-order chi connectivity index (χ0) is 12.6. The van der Waals surface area contributed by atoms with Crippen molar-refractivity contribution in [1.29, 1.82) is 0 Å². The molecule has 1 N–H and O–H groups in total. The lowest BCUT2D eigenvalue weighted by molar-refractivity contribution is 0.375. The minimum atomic E-state index is 0.713. The Morgan fingerprint density at radius 3 is 2.94 bits per heavy atom. The van der Waals surface area contributed by atoms with Gasteiger partial charge in [-0.05, 0) is 55.8 Å². The Bertz CT molecular complexity index is 323. The van der Waals surface area contributed by atoms with E-state index in [1.165, 1.54) is 50.6 Å². The second kappa shape index (κ2) is 7.52. The van der Waals surface area contributed by atoms with Crippen molar-refractivity contribution in [3.63, 3.8) is 0 Å². The van der Waals surface area contributed by atoms with Crippen LogP contribution in [0.4, 0.5) is 0 Å². The minimum absolute atomic E-state index is 0.713. The van der Waals surface area contributed by atoms with Crippen LogP contribution in [0.3, 0.4) is 0 Å². The van der Waals surface area contributed by atoms with E-state index in [4.69, 9.17) is 0 Å². The zero-order valence-electron chi connectivity index (χ0n) is 11.6. The third-order valence-electron chi connectivity index (χ3n) is 4.10. The normalized spacial score (nSPS) is 24.7. The van der Waals surface area contributed by atoms with E-state index >= 15 is 0 Å². The van der Waals surface area contributed by atoms with Gasteiger partial charge >= 0.3 is 0 Å². The third-order valence-corrected chi connectivity index (χ3v) is 4.10. The summed E-state index contributed by atoms with van der Waals surface area (Å²) in [4.78, 5) is 4.30. The molecular weight excluding hydrogens is 220 g/mol. The average Bonchev–Trinajstić information content (AvgIpc) is 2.66. The molecule has 100 valence electrons. The van der Waals surface area contributed by atoms with Crippen LogP contribution in [0.5, 0.6) is 0 Å². The van der Waals surface area contributed by atoms with Crippen LogP contribution in [-0.4, -0.2) is 18.1 Å². The summed E-state index contributed by atoms with van der Waals surface area (Å²) < 4.78 is 0. The Morgan fingerprint density at radius 2 is 2.17 bits per heavy atom. The molecule has 2 unspecified atom stereocenters. The molecule has 0 amide bonds. The topological polar surface area (TPSA) is 24.9 Å². The summed E-state index contributed by atoms with van der Waals surface area (Å²) in [5.41, 5.74) is 1.45. The third kappa shape index (κ3) is 3.81. The maximum absolute atomic E-state index is 4.30. The molecule has 0 aromatic carbocycles. The predicted octanol–water partition coefficient (Wildman–Crippen LogP) is 3.75. The van der Waals surface area contributed by atoms with Gasteiger partial charge in [-0.15, -0.1) is 0 Å². The quantitative estimate of drug-likeness (QED) is 0.632. The van der Waals surface area contributed by atoms with Crippen LogP contribution < -0.4 is 5.32 Å². The second-order valence-electron chi connectivity index (χ2n) is 5.50. The molecule has 1 aliphatic carbocycles. The van der Waals surface area contributed by atoms with Crippen molar-refractivity contribution < 1.29 is 0 Å². The van der Waals surface area contributed by atoms with Gasteiger partial charge in [0, 0.05) is 12.4 Å². The molecule has 1 aromatic heterocycles. The van der Waals surface area contributed by atoms with Crippen molar-refractivity contribution >= 4 is 0 Å². The van der Waals surface area contributed by atoms with E-state index in [0.717, 1.165) is 12.5 Å². The Labute approximate surface area is 111 Å². The molecule has 0 saturated heterocycles. The summed E-state index contributed by atoms with van der Waals surface area (Å²) >= 11 is 0. The highest BCUT2D eigenvalue weighted by molar-refractivity contribution is 5.16. The molecule has 2 heteroatoms. The first-order valence-electron chi connectivity index (χ1n) is 7.52. The monoisotopic (exact) mass is 246 g/mol. The lowest BCUT2D eigenvalue weighted by atomic mass is 9.83. The molecule has 1 aromatic rings. The van der Waals surface area contributed by atoms with Crippen molar-refractivity contribution in [2.24, 2.45) is 5.92 Å². The van der Waals surface area contributed by atoms with Gasteiger partial charge in [-0.1, -0.05) is 32.3 Å². The number of hydrogen-bond donors (Lipinski definition) is 1. The van der Waals surface area contributed by atoms with Gasteiger partial charge in [0.2, 0.25) is 0 Å². The Hall–Kier alpha value is -0.890. The van der Waals surface area contributed by atoms with Gasteiger partial charge in [-0.25, -0.2) is 0 Å². The van der Waals surface area contributed by atoms with Gasteiger partial charge in [-0.2, -0.15) is 0 Å². The standard InChI is InChI=1S/C16H26N2/c1-2-10-17-12-14-7-4-3-5-9-16(14)15-8-6-11-18-13-15/h6,8,11,13-14,16-17H,2-5,7,9-10,12H2,1H3. The van der Waals surface area contributed by atoms with E-state index in [-0.39, 0.29) is 0 Å². The minimum Gasteiger partial charge on any atom is -0.316 e. The number of nitrogens with zero attached hydrogens (tertiary/aromatic N) is 1. The lowest BCUT2D eigenvalue weighted by Crippen LogP contribution is -2.27. The summed E-state index contributed by atoms with van der Waals surface area (Å²) in [7, 11) is 0. The molecule has 2 atom stereocenters. The van der Waals surface area contributed by atoms with E-state index in [1.54, 1.807) is 0 Å². The van der Waals surface area contributed by atoms with Crippen LogP contribution in [0.2, 0.25) is 0 Å². The molecular formula is C16H26N2. The van der Waals surface area contributed by atoms with Crippen molar-refractivity contribution in [1.82, 2.24) is 10.3 Å². The van der Waals surface area contributed by atoms with E-state index in [0.29, 0.717) is 5.92 Å². The average molecular weight is 246 g/mol. The molecule has 0 bridgehead atoms. The van der Waals surface area contributed by atoms with Crippen molar-refractivity contribution in [2.75, 3.05) is 13.1 Å². The second-order valence-corrected chi connectivity index (χ2v) is 5.50. The van der Waals surface area contributed by atoms with Gasteiger partial charge in [-0.3, -0.25) is 4.98 Å². The molecule has 1 fully saturated rings. The van der Waals surface area contributed by atoms with E-state index in [1.807, 2.05) is 6.20 Å². The molecule has 1 saturated carbocycles. The highest BCUT2D eigenvalue weighted by Crippen LogP contribution is 2.35. The van der Waals surface area contributed by atoms with E-state index in [9.17, 15) is 0 Å². The fourth-order valence-corrected chi connectivity index (χ4v) is 3.13. The molecule has 1 aliphatic rings. The molecule has 0 aliphatic heterocycles. The molecule has 2 rings (SSSR count). The number of hydrogen-bond acceptors (Lipinski definition) is 2. The summed E-state index contributed by atoms with van der Waals surface area (Å²) in [6, 6.07) is 4.34. The van der Waals surface area contributed by atoms with Gasteiger partial charge in [0.1, 0.15) is 0 Å². The summed E-state index contributed by atoms with van der Waals surface area (Å²) in [6.45, 7) is 4.56. The maximum atomic E-state index is 4.30. The highest BCUT2D eigenvalue weighted by Gasteiger charge is 2.24. The van der Waals surface area contributed by atoms with Crippen LogP contribution >= 0.6 is 0 Å². The Morgan fingerprint density at radius 1 is 1.28 bits per heavy atom. The maximum Gasteiger partial charge on any atom is 0.0302 e. The largest absolute Gasteiger partial charge is 0.316 e. The fraction of sp³-hybridized carbons (Fsp3) is 0.688. The fourth-order valence-electron chi connectivity index (χ4n) is 3.13. The molecule has 1 heterocycles. The van der Waals surface area contributed by atoms with Crippen LogP contribution in [0.15, 0.2) is 24.5 Å². The van der Waals surface area contributed by atoms with Gasteiger partial charge in [0.25, 0.3) is 0 Å². The number of rotatable bonds is 5. The van der Waals surface area contributed by atoms with Gasteiger partial charge in [0.15, 0.2) is 0 Å². The Balaban J connectivity index is 2.02. The summed E-state index contributed by atoms with van der Waals surface area (Å²) in [6.07, 6.45) is 12.1. The SMILES string of the molecule is CCCNCC1CCCCCC1c1cccnc1. The highest BCUT2D eigenvalue weighted by atomic mass is 14.9. The molecule has 18 heavy (non-hydrogen) atoms. The first-order chi connectivity index (χ1) is 8.92. The molecule has 0 radical (unpaired) electrons. The van der Waals surface area contributed by atoms with Crippen molar-refractivity contribution in [2.45, 2.75) is 51.4 Å². The van der Waals surface area contributed by atoms with Gasteiger partial charge in [0.05, 0.1) is 0 Å². The predicted molar refractivity (Wildman–Crippen MR) is 76.7 cm³/mol. The number of pyridine rings is 1. The number of aromatic nitrogens is 1. The van der Waals surface area contributed by atoms with Crippen LogP contribution in [-0.2, 0) is 0 Å². The summed E-state index contributed by atoms with van der Waals surface area (Å²) in [5.74, 6) is 1.51. The van der Waals surface area contributed by atoms with Crippen LogP contribution in [0.1, 0.15) is 56.9 Å². The van der Waals surface area contributed by atoms with E-state index in [2.05, 4.69) is 35.6 Å². The van der Waals surface area contributed by atoms with Crippen molar-refractivity contribution in [3.05, 3.63) is 30.1 Å². The lowest BCUT2D eigenvalue weighted by Gasteiger charge is -2.25.